The third-order valence-corrected chi connectivity index (χ3v) is 12.8. The van der Waals surface area contributed by atoms with E-state index in [1.807, 2.05) is 20.8 Å². The van der Waals surface area contributed by atoms with E-state index in [1.54, 1.807) is 36.2 Å². The van der Waals surface area contributed by atoms with Gasteiger partial charge in [0, 0.05) is 96.8 Å². The third kappa shape index (κ3) is 7.75. The Hall–Kier alpha value is -6.44. The number of rotatable bonds is 10. The fraction of sp³-hybridized carbons (Fsp3) is 0.488. The first-order chi connectivity index (χ1) is 29.4. The number of carbonyl (C=O) groups excluding carboxylic acids is 6. The number of primary amides is 1. The molecule has 7 amide bonds. The molecule has 0 aliphatic carbocycles. The Morgan fingerprint density at radius 2 is 1.66 bits per heavy atom. The van der Waals surface area contributed by atoms with Crippen LogP contribution in [0.3, 0.4) is 0 Å². The number of benzene rings is 2. The minimum Gasteiger partial charge on any atom is -0.371 e. The predicted octanol–water partition coefficient (Wildman–Crippen LogP) is 1.24. The van der Waals surface area contributed by atoms with E-state index in [1.165, 1.54) is 6.07 Å². The number of hydrogen-bond acceptors (Lipinski definition) is 14. The van der Waals surface area contributed by atoms with E-state index in [0.29, 0.717) is 56.6 Å². The molecule has 61 heavy (non-hydrogen) atoms. The Bertz CT molecular complexity index is 2310. The Balaban J connectivity index is 0.786. The summed E-state index contributed by atoms with van der Waals surface area (Å²) in [4.78, 5) is 93.3. The molecule has 0 bridgehead atoms. The maximum Gasteiger partial charge on any atom is 0.320 e. The second-order valence-corrected chi connectivity index (χ2v) is 16.7. The van der Waals surface area contributed by atoms with Gasteiger partial charge in [0.15, 0.2) is 11.5 Å². The summed E-state index contributed by atoms with van der Waals surface area (Å²) in [6.45, 7) is 7.70. The standard InChI is InChI=1S/C41H48FN13O6/c1-49-13-18-54(41(49)61)27-3-2-11-53(23-27)40-46-36(34(35(43)57)47-48-40)44-25-4-7-31(30(42)19-25)51-16-14-50(15-17-51)21-24-10-12-52(22-24)26-5-6-28-29(20-26)39(60)55(38(28)59)32-8-9-33(56)45-37(32)58/h4-7,19-20,24,27,32H,2-3,8-18,21-23H2,1H3,(H2,43,57)(H,44,46,48)(H,45,56,58). The molecule has 6 aliphatic heterocycles. The van der Waals surface area contributed by atoms with Gasteiger partial charge in [0.1, 0.15) is 11.9 Å². The van der Waals surface area contributed by atoms with Crippen LogP contribution in [-0.4, -0.2) is 161 Å². The number of anilines is 5. The first kappa shape index (κ1) is 40.0. The molecule has 3 aromatic rings. The number of hydrogen-bond donors (Lipinski definition) is 3. The van der Waals surface area contributed by atoms with Gasteiger partial charge in [-0.25, -0.2) is 9.18 Å². The second-order valence-electron chi connectivity index (χ2n) is 16.7. The van der Waals surface area contributed by atoms with Crippen LogP contribution < -0.4 is 31.1 Å². The van der Waals surface area contributed by atoms with Gasteiger partial charge in [-0.1, -0.05) is 0 Å². The van der Waals surface area contributed by atoms with E-state index in [-0.39, 0.29) is 53.5 Å². The van der Waals surface area contributed by atoms with Gasteiger partial charge in [-0.3, -0.25) is 39.1 Å². The molecule has 20 heteroatoms. The molecular weight excluding hydrogens is 790 g/mol. The van der Waals surface area contributed by atoms with Crippen molar-refractivity contribution in [1.82, 2.24) is 40.1 Å². The average Bonchev–Trinajstić information content (AvgIpc) is 3.93. The minimum atomic E-state index is -1.00. The number of carbonyl (C=O) groups is 6. The Labute approximate surface area is 351 Å². The Morgan fingerprint density at radius 3 is 2.39 bits per heavy atom. The van der Waals surface area contributed by atoms with Crippen molar-refractivity contribution in [3.8, 4) is 0 Å². The lowest BCUT2D eigenvalue weighted by atomic mass is 10.0. The van der Waals surface area contributed by atoms with Crippen molar-refractivity contribution in [2.24, 2.45) is 11.7 Å². The van der Waals surface area contributed by atoms with Crippen LogP contribution in [-0.2, 0) is 9.59 Å². The molecule has 0 saturated carbocycles. The first-order valence-corrected chi connectivity index (χ1v) is 20.9. The lowest BCUT2D eigenvalue weighted by molar-refractivity contribution is -0.136. The lowest BCUT2D eigenvalue weighted by Gasteiger charge is -2.37. The highest BCUT2D eigenvalue weighted by Gasteiger charge is 2.45. The highest BCUT2D eigenvalue weighted by molar-refractivity contribution is 6.23. The largest absolute Gasteiger partial charge is 0.371 e. The number of nitrogens with one attached hydrogen (secondary N) is 2. The molecule has 3 atom stereocenters. The number of fused-ring (bicyclic) bond motifs is 1. The molecule has 9 rings (SSSR count). The molecule has 3 unspecified atom stereocenters. The van der Waals surface area contributed by atoms with Crippen LogP contribution in [0.4, 0.5) is 38.0 Å². The fourth-order valence-corrected chi connectivity index (χ4v) is 9.49. The zero-order chi connectivity index (χ0) is 42.5. The summed E-state index contributed by atoms with van der Waals surface area (Å²) in [5, 5.41) is 13.5. The van der Waals surface area contributed by atoms with E-state index in [9.17, 15) is 28.8 Å². The molecule has 1 aromatic heterocycles. The summed E-state index contributed by atoms with van der Waals surface area (Å²) in [7, 11) is 1.79. The molecule has 5 saturated heterocycles. The van der Waals surface area contributed by atoms with Gasteiger partial charge in [-0.15, -0.1) is 10.2 Å². The van der Waals surface area contributed by atoms with Crippen molar-refractivity contribution >= 4 is 64.4 Å². The number of imide groups is 2. The van der Waals surface area contributed by atoms with Gasteiger partial charge in [-0.2, -0.15) is 4.98 Å². The molecule has 5 fully saturated rings. The van der Waals surface area contributed by atoms with E-state index in [4.69, 9.17) is 5.73 Å². The second kappa shape index (κ2) is 16.2. The van der Waals surface area contributed by atoms with Crippen molar-refractivity contribution in [3.05, 3.63) is 59.0 Å². The van der Waals surface area contributed by atoms with E-state index >= 15 is 4.39 Å². The molecule has 320 valence electrons. The Morgan fingerprint density at radius 1 is 0.852 bits per heavy atom. The van der Waals surface area contributed by atoms with E-state index in [2.05, 4.69) is 35.6 Å². The normalized spacial score (nSPS) is 23.6. The van der Waals surface area contributed by atoms with Gasteiger partial charge in [-0.05, 0) is 68.0 Å². The van der Waals surface area contributed by atoms with Crippen molar-refractivity contribution in [2.75, 3.05) is 99.1 Å². The van der Waals surface area contributed by atoms with Gasteiger partial charge in [0.05, 0.1) is 22.9 Å². The third-order valence-electron chi connectivity index (χ3n) is 12.8. The molecule has 4 N–H and O–H groups in total. The van der Waals surface area contributed by atoms with Crippen LogP contribution in [0.25, 0.3) is 0 Å². The molecular formula is C41H48FN13O6. The summed E-state index contributed by atoms with van der Waals surface area (Å²) in [5.41, 5.74) is 7.66. The number of amides is 7. The summed E-state index contributed by atoms with van der Waals surface area (Å²) in [6.07, 6.45) is 2.81. The number of aromatic nitrogens is 3. The number of urea groups is 1. The Kier molecular flexibility index (Phi) is 10.6. The van der Waals surface area contributed by atoms with Crippen molar-refractivity contribution in [1.29, 1.82) is 0 Å². The summed E-state index contributed by atoms with van der Waals surface area (Å²) in [5.74, 6) is -2.61. The zero-order valence-corrected chi connectivity index (χ0v) is 33.9. The number of likely N-dealkylation sites (N-methyl/N-ethyl adjacent to an activating group) is 1. The van der Waals surface area contributed by atoms with Crippen LogP contribution in [0.15, 0.2) is 36.4 Å². The number of piperazine rings is 1. The highest BCUT2D eigenvalue weighted by Crippen LogP contribution is 2.34. The van der Waals surface area contributed by atoms with Crippen LogP contribution in [0.5, 0.6) is 0 Å². The SMILES string of the molecule is CN1CCN(C2CCCN(c3nnc(C(N)=O)c(Nc4ccc(N5CCN(CC6CCN(c7ccc8c(c7)C(=O)N(C7CCC(=O)NC7=O)C8=O)C6)CC5)c(F)c4)n3)C2)C1=O. The summed E-state index contributed by atoms with van der Waals surface area (Å²) >= 11 is 0. The van der Waals surface area contributed by atoms with Crippen LogP contribution in [0.1, 0.15) is 63.3 Å². The minimum absolute atomic E-state index is 0.000567. The number of nitrogens with zero attached hydrogens (tertiary/aromatic N) is 10. The van der Waals surface area contributed by atoms with Gasteiger partial charge in [0.25, 0.3) is 17.7 Å². The smallest absolute Gasteiger partial charge is 0.320 e. The zero-order valence-electron chi connectivity index (χ0n) is 33.9. The molecule has 6 aliphatic rings. The lowest BCUT2D eigenvalue weighted by Crippen LogP contribution is -2.54. The maximum atomic E-state index is 15.8. The van der Waals surface area contributed by atoms with Gasteiger partial charge < -0.3 is 35.6 Å². The van der Waals surface area contributed by atoms with Crippen LogP contribution in [0, 0.1) is 11.7 Å². The molecule has 0 spiro atoms. The van der Waals surface area contributed by atoms with Gasteiger partial charge in [0.2, 0.25) is 17.8 Å². The van der Waals surface area contributed by atoms with Crippen molar-refractivity contribution in [3.63, 3.8) is 0 Å². The quantitative estimate of drug-likeness (QED) is 0.245. The predicted molar refractivity (Wildman–Crippen MR) is 220 cm³/mol. The summed E-state index contributed by atoms with van der Waals surface area (Å²) < 4.78 is 15.8. The number of halogens is 1. The molecule has 0 radical (unpaired) electrons. The fourth-order valence-electron chi connectivity index (χ4n) is 9.49. The van der Waals surface area contributed by atoms with E-state index < -0.39 is 41.4 Å². The topological polar surface area (TPSA) is 214 Å². The first-order valence-electron chi connectivity index (χ1n) is 20.9. The molecule has 19 nitrogen and oxygen atoms in total. The van der Waals surface area contributed by atoms with Crippen molar-refractivity contribution in [2.45, 2.75) is 44.2 Å². The average molecular weight is 838 g/mol. The van der Waals surface area contributed by atoms with Crippen LogP contribution >= 0.6 is 0 Å². The monoisotopic (exact) mass is 837 g/mol. The maximum absolute atomic E-state index is 15.8. The summed E-state index contributed by atoms with van der Waals surface area (Å²) in [6, 6.07) is 9.02. The highest BCUT2D eigenvalue weighted by atomic mass is 19.1. The van der Waals surface area contributed by atoms with Crippen molar-refractivity contribution < 1.29 is 33.2 Å². The van der Waals surface area contributed by atoms with E-state index in [0.717, 1.165) is 62.6 Å². The number of piperidine rings is 2. The molecule has 2 aromatic carbocycles. The molecule has 7 heterocycles. The number of nitrogens with two attached hydrogens (primary N) is 1. The van der Waals surface area contributed by atoms with Gasteiger partial charge >= 0.3 is 6.03 Å². The van der Waals surface area contributed by atoms with Crippen LogP contribution in [0.2, 0.25) is 0 Å².